The van der Waals surface area contributed by atoms with Crippen LogP contribution in [0.15, 0.2) is 18.2 Å². The van der Waals surface area contributed by atoms with Crippen molar-refractivity contribution in [2.24, 2.45) is 0 Å². The highest BCUT2D eigenvalue weighted by molar-refractivity contribution is 5.59. The third-order valence-electron chi connectivity index (χ3n) is 3.45. The van der Waals surface area contributed by atoms with Gasteiger partial charge in [0.1, 0.15) is 0 Å². The summed E-state index contributed by atoms with van der Waals surface area (Å²) in [5.41, 5.74) is 1.74. The van der Waals surface area contributed by atoms with Crippen molar-refractivity contribution in [2.75, 3.05) is 18.4 Å². The second-order valence-electron chi connectivity index (χ2n) is 4.73. The second-order valence-corrected chi connectivity index (χ2v) is 4.73. The van der Waals surface area contributed by atoms with Gasteiger partial charge < -0.3 is 10.6 Å². The Morgan fingerprint density at radius 3 is 3.00 bits per heavy atom. The molecule has 0 saturated carbocycles. The predicted molar refractivity (Wildman–Crippen MR) is 72.0 cm³/mol. The molecule has 1 unspecified atom stereocenters. The molecule has 1 heterocycles. The Kier molecular flexibility index (Phi) is 4.15. The first-order chi connectivity index (χ1) is 8.68. The minimum atomic E-state index is -0.334. The molecule has 0 radical (unpaired) electrons. The van der Waals surface area contributed by atoms with Gasteiger partial charge in [-0.1, -0.05) is 12.5 Å². The number of nitrogens with zero attached hydrogens (tertiary/aromatic N) is 1. The van der Waals surface area contributed by atoms with Gasteiger partial charge in [0.05, 0.1) is 4.92 Å². The summed E-state index contributed by atoms with van der Waals surface area (Å²) >= 11 is 0. The third-order valence-corrected chi connectivity index (χ3v) is 3.45. The van der Waals surface area contributed by atoms with E-state index in [4.69, 9.17) is 0 Å². The lowest BCUT2D eigenvalue weighted by Crippen LogP contribution is -2.39. The summed E-state index contributed by atoms with van der Waals surface area (Å²) in [4.78, 5) is 10.5. The number of nitro benzene ring substituents is 1. The van der Waals surface area contributed by atoms with Crippen molar-refractivity contribution in [1.29, 1.82) is 0 Å². The van der Waals surface area contributed by atoms with Crippen molar-refractivity contribution in [3.63, 3.8) is 0 Å². The number of nitrogens with one attached hydrogen (secondary N) is 2. The Labute approximate surface area is 107 Å². The van der Waals surface area contributed by atoms with E-state index in [0.717, 1.165) is 18.8 Å². The lowest BCUT2D eigenvalue weighted by molar-refractivity contribution is -0.385. The Morgan fingerprint density at radius 1 is 1.50 bits per heavy atom. The van der Waals surface area contributed by atoms with Gasteiger partial charge in [-0.3, -0.25) is 10.1 Å². The topological polar surface area (TPSA) is 67.2 Å². The van der Waals surface area contributed by atoms with Crippen LogP contribution in [0.4, 0.5) is 11.4 Å². The maximum Gasteiger partial charge on any atom is 0.274 e. The van der Waals surface area contributed by atoms with Crippen LogP contribution in [-0.2, 0) is 0 Å². The average molecular weight is 249 g/mol. The Balaban J connectivity index is 2.00. The van der Waals surface area contributed by atoms with Gasteiger partial charge in [0.15, 0.2) is 0 Å². The largest absolute Gasteiger partial charge is 0.383 e. The van der Waals surface area contributed by atoms with Crippen molar-refractivity contribution in [1.82, 2.24) is 5.32 Å². The van der Waals surface area contributed by atoms with E-state index in [2.05, 4.69) is 10.6 Å². The van der Waals surface area contributed by atoms with Crippen LogP contribution in [0.3, 0.4) is 0 Å². The monoisotopic (exact) mass is 249 g/mol. The highest BCUT2D eigenvalue weighted by Gasteiger charge is 2.15. The Hall–Kier alpha value is -1.62. The fourth-order valence-corrected chi connectivity index (χ4v) is 2.34. The second kappa shape index (κ2) is 5.82. The molecule has 0 aromatic heterocycles. The SMILES string of the molecule is Cc1c(NCC2CCCCN2)cccc1[N+](=O)[O-]. The van der Waals surface area contributed by atoms with Gasteiger partial charge >= 0.3 is 0 Å². The van der Waals surface area contributed by atoms with Crippen LogP contribution in [0.1, 0.15) is 24.8 Å². The lowest BCUT2D eigenvalue weighted by atomic mass is 10.0. The van der Waals surface area contributed by atoms with E-state index in [0.29, 0.717) is 11.6 Å². The summed E-state index contributed by atoms with van der Waals surface area (Å²) in [5.74, 6) is 0. The van der Waals surface area contributed by atoms with Gasteiger partial charge in [-0.2, -0.15) is 0 Å². The first-order valence-corrected chi connectivity index (χ1v) is 6.40. The van der Waals surface area contributed by atoms with Crippen LogP contribution in [0.25, 0.3) is 0 Å². The standard InChI is InChI=1S/C13H19N3O2/c1-10-12(6-4-7-13(10)16(17)18)15-9-11-5-2-3-8-14-11/h4,6-7,11,14-15H,2-3,5,8-9H2,1H3. The van der Waals surface area contributed by atoms with Gasteiger partial charge in [-0.05, 0) is 32.4 Å². The molecule has 1 aliphatic rings. The van der Waals surface area contributed by atoms with Crippen LogP contribution >= 0.6 is 0 Å². The van der Waals surface area contributed by atoms with E-state index in [1.165, 1.54) is 19.3 Å². The van der Waals surface area contributed by atoms with Crippen molar-refractivity contribution >= 4 is 11.4 Å². The average Bonchev–Trinajstić information content (AvgIpc) is 2.38. The van der Waals surface area contributed by atoms with E-state index in [1.54, 1.807) is 19.1 Å². The van der Waals surface area contributed by atoms with Gasteiger partial charge in [0.25, 0.3) is 5.69 Å². The molecule has 1 aliphatic heterocycles. The van der Waals surface area contributed by atoms with Crippen molar-refractivity contribution in [3.8, 4) is 0 Å². The highest BCUT2D eigenvalue weighted by atomic mass is 16.6. The number of rotatable bonds is 4. The molecular formula is C13H19N3O2. The van der Waals surface area contributed by atoms with Crippen LogP contribution in [0.5, 0.6) is 0 Å². The Bertz CT molecular complexity index is 428. The number of hydrogen-bond donors (Lipinski definition) is 2. The van der Waals surface area contributed by atoms with E-state index in [-0.39, 0.29) is 10.6 Å². The van der Waals surface area contributed by atoms with Crippen molar-refractivity contribution in [3.05, 3.63) is 33.9 Å². The van der Waals surface area contributed by atoms with Gasteiger partial charge in [0, 0.05) is 29.9 Å². The molecule has 1 fully saturated rings. The van der Waals surface area contributed by atoms with Crippen LogP contribution < -0.4 is 10.6 Å². The fraction of sp³-hybridized carbons (Fsp3) is 0.538. The molecule has 1 saturated heterocycles. The molecule has 5 nitrogen and oxygen atoms in total. The van der Waals surface area contributed by atoms with Crippen LogP contribution in [0, 0.1) is 17.0 Å². The fourth-order valence-electron chi connectivity index (χ4n) is 2.34. The van der Waals surface area contributed by atoms with E-state index in [1.807, 2.05) is 6.07 Å². The quantitative estimate of drug-likeness (QED) is 0.635. The first kappa shape index (κ1) is 12.8. The molecule has 2 rings (SSSR count). The molecule has 1 aromatic carbocycles. The molecule has 5 heteroatoms. The van der Waals surface area contributed by atoms with E-state index in [9.17, 15) is 10.1 Å². The Morgan fingerprint density at radius 2 is 2.33 bits per heavy atom. The van der Waals surface area contributed by atoms with Crippen LogP contribution in [0.2, 0.25) is 0 Å². The normalized spacial score (nSPS) is 19.5. The predicted octanol–water partition coefficient (Wildman–Crippen LogP) is 2.46. The number of anilines is 1. The maximum absolute atomic E-state index is 10.8. The zero-order chi connectivity index (χ0) is 13.0. The third kappa shape index (κ3) is 2.98. The zero-order valence-electron chi connectivity index (χ0n) is 10.6. The maximum atomic E-state index is 10.8. The number of hydrogen-bond acceptors (Lipinski definition) is 4. The lowest BCUT2D eigenvalue weighted by Gasteiger charge is -2.24. The molecule has 98 valence electrons. The molecule has 1 aromatic rings. The number of piperidine rings is 1. The van der Waals surface area contributed by atoms with Crippen molar-refractivity contribution in [2.45, 2.75) is 32.2 Å². The van der Waals surface area contributed by atoms with E-state index < -0.39 is 0 Å². The van der Waals surface area contributed by atoms with Gasteiger partial charge in [-0.25, -0.2) is 0 Å². The smallest absolute Gasteiger partial charge is 0.274 e. The van der Waals surface area contributed by atoms with E-state index >= 15 is 0 Å². The van der Waals surface area contributed by atoms with Gasteiger partial charge in [-0.15, -0.1) is 0 Å². The summed E-state index contributed by atoms with van der Waals surface area (Å²) in [6.07, 6.45) is 3.67. The molecule has 0 bridgehead atoms. The zero-order valence-corrected chi connectivity index (χ0v) is 10.6. The number of benzene rings is 1. The summed E-state index contributed by atoms with van der Waals surface area (Å²) in [7, 11) is 0. The molecule has 2 N–H and O–H groups in total. The summed E-state index contributed by atoms with van der Waals surface area (Å²) in [6.45, 7) is 3.68. The molecule has 0 aliphatic carbocycles. The van der Waals surface area contributed by atoms with Crippen LogP contribution in [-0.4, -0.2) is 24.1 Å². The molecule has 1 atom stereocenters. The molecular weight excluding hydrogens is 230 g/mol. The van der Waals surface area contributed by atoms with Crippen molar-refractivity contribution < 1.29 is 4.92 Å². The number of nitro groups is 1. The summed E-state index contributed by atoms with van der Waals surface area (Å²) < 4.78 is 0. The molecule has 0 amide bonds. The molecule has 0 spiro atoms. The van der Waals surface area contributed by atoms with Gasteiger partial charge in [0.2, 0.25) is 0 Å². The first-order valence-electron chi connectivity index (χ1n) is 6.40. The molecule has 18 heavy (non-hydrogen) atoms. The minimum absolute atomic E-state index is 0.177. The highest BCUT2D eigenvalue weighted by Crippen LogP contribution is 2.25. The summed E-state index contributed by atoms with van der Waals surface area (Å²) in [6, 6.07) is 5.63. The summed E-state index contributed by atoms with van der Waals surface area (Å²) in [5, 5.41) is 17.6. The minimum Gasteiger partial charge on any atom is -0.383 e.